The van der Waals surface area contributed by atoms with Crippen molar-refractivity contribution < 1.29 is 9.90 Å². The molecule has 1 aliphatic rings. The zero-order chi connectivity index (χ0) is 9.97. The van der Waals surface area contributed by atoms with Gasteiger partial charge in [-0.15, -0.1) is 0 Å². The number of rotatable bonds is 1. The second-order valence-electron chi connectivity index (χ2n) is 3.52. The SMILES string of the molecule is O=C1CCCCN1c1cccc(O)c1. The zero-order valence-corrected chi connectivity index (χ0v) is 7.94. The molecule has 0 aromatic heterocycles. The Morgan fingerprint density at radius 2 is 2.14 bits per heavy atom. The highest BCUT2D eigenvalue weighted by atomic mass is 16.3. The number of benzene rings is 1. The van der Waals surface area contributed by atoms with Gasteiger partial charge in [0.15, 0.2) is 0 Å². The first kappa shape index (κ1) is 9.06. The van der Waals surface area contributed by atoms with Crippen molar-refractivity contribution in [2.75, 3.05) is 11.4 Å². The lowest BCUT2D eigenvalue weighted by molar-refractivity contribution is -0.119. The van der Waals surface area contributed by atoms with Crippen LogP contribution in [-0.2, 0) is 4.79 Å². The smallest absolute Gasteiger partial charge is 0.226 e. The van der Waals surface area contributed by atoms with E-state index in [9.17, 15) is 9.90 Å². The van der Waals surface area contributed by atoms with E-state index < -0.39 is 0 Å². The van der Waals surface area contributed by atoms with Gasteiger partial charge in [-0.1, -0.05) is 6.07 Å². The van der Waals surface area contributed by atoms with E-state index in [4.69, 9.17) is 0 Å². The van der Waals surface area contributed by atoms with E-state index in [1.807, 2.05) is 6.07 Å². The maximum atomic E-state index is 11.6. The molecule has 1 aliphatic heterocycles. The van der Waals surface area contributed by atoms with Gasteiger partial charge in [0.05, 0.1) is 0 Å². The molecule has 0 spiro atoms. The maximum absolute atomic E-state index is 11.6. The molecule has 0 bridgehead atoms. The highest BCUT2D eigenvalue weighted by Gasteiger charge is 2.19. The van der Waals surface area contributed by atoms with Crippen LogP contribution in [0.25, 0.3) is 0 Å². The van der Waals surface area contributed by atoms with Crippen molar-refractivity contribution in [3.63, 3.8) is 0 Å². The van der Waals surface area contributed by atoms with Gasteiger partial charge in [0.2, 0.25) is 5.91 Å². The van der Waals surface area contributed by atoms with Crippen LogP contribution < -0.4 is 4.90 Å². The van der Waals surface area contributed by atoms with Gasteiger partial charge in [0, 0.05) is 24.7 Å². The second-order valence-corrected chi connectivity index (χ2v) is 3.52. The van der Waals surface area contributed by atoms with Gasteiger partial charge in [-0.25, -0.2) is 0 Å². The van der Waals surface area contributed by atoms with Gasteiger partial charge in [0.25, 0.3) is 0 Å². The number of amides is 1. The van der Waals surface area contributed by atoms with E-state index in [0.29, 0.717) is 6.42 Å². The normalized spacial score (nSPS) is 17.1. The fourth-order valence-electron chi connectivity index (χ4n) is 1.74. The molecular weight excluding hydrogens is 178 g/mol. The number of anilines is 1. The summed E-state index contributed by atoms with van der Waals surface area (Å²) in [4.78, 5) is 13.3. The molecular formula is C11H13NO2. The Labute approximate surface area is 83.0 Å². The molecule has 1 saturated heterocycles. The number of piperidine rings is 1. The number of phenolic OH excluding ortho intramolecular Hbond substituents is 1. The third-order valence-electron chi connectivity index (χ3n) is 2.46. The highest BCUT2D eigenvalue weighted by molar-refractivity contribution is 5.94. The minimum Gasteiger partial charge on any atom is -0.508 e. The predicted molar refractivity (Wildman–Crippen MR) is 54.3 cm³/mol. The fraction of sp³-hybridized carbons (Fsp3) is 0.364. The summed E-state index contributed by atoms with van der Waals surface area (Å²) in [6, 6.07) is 6.84. The maximum Gasteiger partial charge on any atom is 0.226 e. The van der Waals surface area contributed by atoms with Crippen LogP contribution in [0.4, 0.5) is 5.69 Å². The number of hydrogen-bond acceptors (Lipinski definition) is 2. The van der Waals surface area contributed by atoms with Crippen LogP contribution in [0.2, 0.25) is 0 Å². The number of carbonyl (C=O) groups is 1. The predicted octanol–water partition coefficient (Wildman–Crippen LogP) is 1.91. The number of nitrogens with zero attached hydrogens (tertiary/aromatic N) is 1. The third-order valence-corrected chi connectivity index (χ3v) is 2.46. The minimum absolute atomic E-state index is 0.154. The lowest BCUT2D eigenvalue weighted by atomic mass is 10.1. The molecule has 1 amide bonds. The van der Waals surface area contributed by atoms with Crippen LogP contribution in [0.15, 0.2) is 24.3 Å². The van der Waals surface area contributed by atoms with Crippen molar-refractivity contribution in [2.45, 2.75) is 19.3 Å². The van der Waals surface area contributed by atoms with Crippen molar-refractivity contribution >= 4 is 11.6 Å². The first-order valence-electron chi connectivity index (χ1n) is 4.87. The summed E-state index contributed by atoms with van der Waals surface area (Å²) < 4.78 is 0. The van der Waals surface area contributed by atoms with Gasteiger partial charge in [0.1, 0.15) is 5.75 Å². The standard InChI is InChI=1S/C11H13NO2/c13-10-5-3-4-9(8-10)12-7-2-1-6-11(12)14/h3-5,8,13H,1-2,6-7H2. The summed E-state index contributed by atoms with van der Waals surface area (Å²) in [5.74, 6) is 0.364. The Balaban J connectivity index is 2.24. The largest absolute Gasteiger partial charge is 0.508 e. The van der Waals surface area contributed by atoms with Gasteiger partial charge >= 0.3 is 0 Å². The number of aromatic hydroxyl groups is 1. The van der Waals surface area contributed by atoms with Crippen molar-refractivity contribution in [2.24, 2.45) is 0 Å². The number of hydrogen-bond donors (Lipinski definition) is 1. The summed E-state index contributed by atoms with van der Waals surface area (Å²) in [5.41, 5.74) is 0.801. The van der Waals surface area contributed by atoms with Crippen LogP contribution in [0.5, 0.6) is 5.75 Å². The summed E-state index contributed by atoms with van der Waals surface area (Å²) in [6.45, 7) is 0.766. The molecule has 1 N–H and O–H groups in total. The fourth-order valence-corrected chi connectivity index (χ4v) is 1.74. The molecule has 1 aromatic carbocycles. The number of carbonyl (C=O) groups excluding carboxylic acids is 1. The number of phenols is 1. The Morgan fingerprint density at radius 3 is 2.86 bits per heavy atom. The average Bonchev–Trinajstić information content (AvgIpc) is 2.18. The van der Waals surface area contributed by atoms with E-state index in [2.05, 4.69) is 0 Å². The first-order valence-corrected chi connectivity index (χ1v) is 4.87. The Morgan fingerprint density at radius 1 is 1.29 bits per heavy atom. The molecule has 0 unspecified atom stereocenters. The van der Waals surface area contributed by atoms with Crippen molar-refractivity contribution in [3.8, 4) is 5.75 Å². The third kappa shape index (κ3) is 1.71. The first-order chi connectivity index (χ1) is 6.77. The van der Waals surface area contributed by atoms with Crippen LogP contribution >= 0.6 is 0 Å². The highest BCUT2D eigenvalue weighted by Crippen LogP contribution is 2.23. The monoisotopic (exact) mass is 191 g/mol. The van der Waals surface area contributed by atoms with Gasteiger partial charge in [-0.3, -0.25) is 4.79 Å². The molecule has 1 fully saturated rings. The van der Waals surface area contributed by atoms with E-state index in [1.165, 1.54) is 0 Å². The Hall–Kier alpha value is -1.51. The second kappa shape index (κ2) is 3.70. The topological polar surface area (TPSA) is 40.5 Å². The molecule has 0 saturated carbocycles. The molecule has 14 heavy (non-hydrogen) atoms. The van der Waals surface area contributed by atoms with E-state index in [0.717, 1.165) is 25.1 Å². The Kier molecular flexibility index (Phi) is 2.39. The summed E-state index contributed by atoms with van der Waals surface area (Å²) in [5, 5.41) is 9.29. The van der Waals surface area contributed by atoms with Gasteiger partial charge < -0.3 is 10.0 Å². The van der Waals surface area contributed by atoms with Crippen LogP contribution in [-0.4, -0.2) is 17.6 Å². The molecule has 1 aromatic rings. The summed E-state index contributed by atoms with van der Waals surface area (Å²) in [7, 11) is 0. The lowest BCUT2D eigenvalue weighted by Gasteiger charge is -2.26. The molecule has 74 valence electrons. The molecule has 0 radical (unpaired) electrons. The molecule has 2 rings (SSSR count). The van der Waals surface area contributed by atoms with Gasteiger partial charge in [-0.2, -0.15) is 0 Å². The van der Waals surface area contributed by atoms with Crippen LogP contribution in [0.3, 0.4) is 0 Å². The average molecular weight is 191 g/mol. The summed E-state index contributed by atoms with van der Waals surface area (Å²) in [6.07, 6.45) is 2.64. The van der Waals surface area contributed by atoms with E-state index in [-0.39, 0.29) is 11.7 Å². The summed E-state index contributed by atoms with van der Waals surface area (Å²) >= 11 is 0. The molecule has 3 nitrogen and oxygen atoms in total. The van der Waals surface area contributed by atoms with E-state index in [1.54, 1.807) is 23.1 Å². The lowest BCUT2D eigenvalue weighted by Crippen LogP contribution is -2.35. The zero-order valence-electron chi connectivity index (χ0n) is 7.94. The van der Waals surface area contributed by atoms with Crippen molar-refractivity contribution in [3.05, 3.63) is 24.3 Å². The quantitative estimate of drug-likeness (QED) is 0.736. The van der Waals surface area contributed by atoms with Crippen molar-refractivity contribution in [1.82, 2.24) is 0 Å². The van der Waals surface area contributed by atoms with Crippen LogP contribution in [0, 0.1) is 0 Å². The van der Waals surface area contributed by atoms with Crippen molar-refractivity contribution in [1.29, 1.82) is 0 Å². The molecule has 0 aliphatic carbocycles. The van der Waals surface area contributed by atoms with Crippen LogP contribution in [0.1, 0.15) is 19.3 Å². The van der Waals surface area contributed by atoms with Gasteiger partial charge in [-0.05, 0) is 25.0 Å². The van der Waals surface area contributed by atoms with E-state index >= 15 is 0 Å². The molecule has 0 atom stereocenters. The minimum atomic E-state index is 0.154. The molecule has 3 heteroatoms. The Bertz CT molecular complexity index is 349. The molecule has 1 heterocycles.